The third-order valence-electron chi connectivity index (χ3n) is 3.05. The van der Waals surface area contributed by atoms with Crippen molar-refractivity contribution in [2.24, 2.45) is 0 Å². The fourth-order valence-electron chi connectivity index (χ4n) is 1.92. The first-order valence-electron chi connectivity index (χ1n) is 6.44. The van der Waals surface area contributed by atoms with E-state index < -0.39 is 0 Å². The molecule has 0 atom stereocenters. The van der Waals surface area contributed by atoms with E-state index in [1.807, 2.05) is 24.3 Å². The lowest BCUT2D eigenvalue weighted by Gasteiger charge is -2.09. The van der Waals surface area contributed by atoms with Crippen LogP contribution in [0.15, 0.2) is 46.9 Å². The first-order chi connectivity index (χ1) is 10.1. The molecule has 0 aliphatic carbocycles. The minimum atomic E-state index is -0.185. The molecule has 0 aromatic heterocycles. The number of hydrogen-bond acceptors (Lipinski definition) is 3. The van der Waals surface area contributed by atoms with Crippen molar-refractivity contribution < 1.29 is 14.6 Å². The summed E-state index contributed by atoms with van der Waals surface area (Å²) in [6, 6.07) is 12.7. The smallest absolute Gasteiger partial charge is 0.252 e. The van der Waals surface area contributed by atoms with Crippen molar-refractivity contribution in [1.29, 1.82) is 0 Å². The van der Waals surface area contributed by atoms with E-state index in [9.17, 15) is 4.79 Å². The Kier molecular flexibility index (Phi) is 5.36. The summed E-state index contributed by atoms with van der Waals surface area (Å²) < 4.78 is 5.84. The van der Waals surface area contributed by atoms with Crippen molar-refractivity contribution in [2.75, 3.05) is 7.11 Å². The minimum Gasteiger partial charge on any atom is -0.497 e. The maximum absolute atomic E-state index is 12.2. The number of nitrogens with one attached hydrogen (secondary N) is 1. The highest BCUT2D eigenvalue weighted by atomic mass is 79.9. The maximum Gasteiger partial charge on any atom is 0.252 e. The summed E-state index contributed by atoms with van der Waals surface area (Å²) in [4.78, 5) is 12.2. The average molecular weight is 350 g/mol. The number of aliphatic hydroxyl groups is 1. The molecular formula is C16H16BrNO3. The number of hydrogen-bond donors (Lipinski definition) is 2. The zero-order valence-electron chi connectivity index (χ0n) is 11.6. The molecule has 0 fully saturated rings. The molecule has 0 heterocycles. The van der Waals surface area contributed by atoms with E-state index in [0.29, 0.717) is 22.3 Å². The lowest BCUT2D eigenvalue weighted by atomic mass is 10.1. The molecule has 0 saturated carbocycles. The first-order valence-corrected chi connectivity index (χ1v) is 7.23. The van der Waals surface area contributed by atoms with Gasteiger partial charge in [0, 0.05) is 11.0 Å². The molecule has 1 amide bonds. The van der Waals surface area contributed by atoms with Gasteiger partial charge < -0.3 is 15.2 Å². The molecule has 2 rings (SSSR count). The third kappa shape index (κ3) is 4.06. The molecule has 0 bridgehead atoms. The van der Waals surface area contributed by atoms with Gasteiger partial charge in [0.25, 0.3) is 5.91 Å². The third-order valence-corrected chi connectivity index (χ3v) is 3.74. The van der Waals surface area contributed by atoms with Gasteiger partial charge in [-0.1, -0.05) is 24.3 Å². The lowest BCUT2D eigenvalue weighted by molar-refractivity contribution is 0.0950. The van der Waals surface area contributed by atoms with Gasteiger partial charge in [-0.05, 0) is 45.3 Å². The van der Waals surface area contributed by atoms with Crippen molar-refractivity contribution in [2.45, 2.75) is 13.2 Å². The largest absolute Gasteiger partial charge is 0.497 e. The Hall–Kier alpha value is -1.85. The van der Waals surface area contributed by atoms with Crippen LogP contribution in [0.25, 0.3) is 0 Å². The van der Waals surface area contributed by atoms with Gasteiger partial charge in [0.05, 0.1) is 19.3 Å². The minimum absolute atomic E-state index is 0.0107. The standard InChI is InChI=1S/C16H16BrNO3/c1-21-13-5-6-15(17)14(8-13)16(20)18-9-11-3-2-4-12(7-11)10-19/h2-8,19H,9-10H2,1H3,(H,18,20). The summed E-state index contributed by atoms with van der Waals surface area (Å²) in [5.74, 6) is 0.445. The highest BCUT2D eigenvalue weighted by molar-refractivity contribution is 9.10. The summed E-state index contributed by atoms with van der Waals surface area (Å²) in [5, 5.41) is 12.0. The Labute approximate surface area is 131 Å². The fourth-order valence-corrected chi connectivity index (χ4v) is 2.35. The van der Waals surface area contributed by atoms with Gasteiger partial charge in [0.2, 0.25) is 0 Å². The quantitative estimate of drug-likeness (QED) is 0.872. The topological polar surface area (TPSA) is 58.6 Å². The van der Waals surface area contributed by atoms with Gasteiger partial charge in [0.15, 0.2) is 0 Å². The van der Waals surface area contributed by atoms with Crippen LogP contribution in [-0.2, 0) is 13.2 Å². The van der Waals surface area contributed by atoms with Crippen LogP contribution in [0.2, 0.25) is 0 Å². The molecule has 5 heteroatoms. The van der Waals surface area contributed by atoms with Crippen LogP contribution in [0.5, 0.6) is 5.75 Å². The molecule has 110 valence electrons. The molecule has 21 heavy (non-hydrogen) atoms. The van der Waals surface area contributed by atoms with E-state index in [2.05, 4.69) is 21.2 Å². The van der Waals surface area contributed by atoms with Crippen molar-refractivity contribution in [3.05, 3.63) is 63.6 Å². The molecule has 2 N–H and O–H groups in total. The summed E-state index contributed by atoms with van der Waals surface area (Å²) in [5.41, 5.74) is 2.28. The maximum atomic E-state index is 12.2. The van der Waals surface area contributed by atoms with Gasteiger partial charge in [-0.3, -0.25) is 4.79 Å². The van der Waals surface area contributed by atoms with Crippen LogP contribution in [0.3, 0.4) is 0 Å². The normalized spacial score (nSPS) is 10.2. The van der Waals surface area contributed by atoms with Crippen LogP contribution in [0, 0.1) is 0 Å². The monoisotopic (exact) mass is 349 g/mol. The molecule has 0 spiro atoms. The number of methoxy groups -OCH3 is 1. The summed E-state index contributed by atoms with van der Waals surface area (Å²) >= 11 is 3.36. The number of carbonyl (C=O) groups excluding carboxylic acids is 1. The zero-order valence-corrected chi connectivity index (χ0v) is 13.2. The number of benzene rings is 2. The van der Waals surface area contributed by atoms with E-state index in [-0.39, 0.29) is 12.5 Å². The summed E-state index contributed by atoms with van der Waals surface area (Å²) in [7, 11) is 1.56. The SMILES string of the molecule is COc1ccc(Br)c(C(=O)NCc2cccc(CO)c2)c1. The Morgan fingerprint density at radius 1 is 1.24 bits per heavy atom. The van der Waals surface area contributed by atoms with Gasteiger partial charge in [-0.25, -0.2) is 0 Å². The Balaban J connectivity index is 2.07. The average Bonchev–Trinajstić information content (AvgIpc) is 2.53. The zero-order chi connectivity index (χ0) is 15.2. The molecule has 4 nitrogen and oxygen atoms in total. The Bertz CT molecular complexity index is 643. The lowest BCUT2D eigenvalue weighted by Crippen LogP contribution is -2.23. The molecule has 0 aliphatic rings. The second-order valence-electron chi connectivity index (χ2n) is 4.51. The van der Waals surface area contributed by atoms with Gasteiger partial charge in [0.1, 0.15) is 5.75 Å². The number of ether oxygens (including phenoxy) is 1. The molecule has 0 unspecified atom stereocenters. The van der Waals surface area contributed by atoms with Crippen molar-refractivity contribution in [3.63, 3.8) is 0 Å². The van der Waals surface area contributed by atoms with E-state index in [1.54, 1.807) is 25.3 Å². The highest BCUT2D eigenvalue weighted by Gasteiger charge is 2.11. The van der Waals surface area contributed by atoms with Gasteiger partial charge in [-0.2, -0.15) is 0 Å². The molecule has 0 radical (unpaired) electrons. The number of aliphatic hydroxyl groups excluding tert-OH is 1. The van der Waals surface area contributed by atoms with E-state index in [4.69, 9.17) is 9.84 Å². The van der Waals surface area contributed by atoms with Gasteiger partial charge >= 0.3 is 0 Å². The van der Waals surface area contributed by atoms with Crippen molar-refractivity contribution in [1.82, 2.24) is 5.32 Å². The second-order valence-corrected chi connectivity index (χ2v) is 5.36. The predicted octanol–water partition coefficient (Wildman–Crippen LogP) is 2.88. The predicted molar refractivity (Wildman–Crippen MR) is 84.2 cm³/mol. The molecule has 0 saturated heterocycles. The summed E-state index contributed by atoms with van der Waals surface area (Å²) in [6.07, 6.45) is 0. The van der Waals surface area contributed by atoms with Crippen molar-refractivity contribution in [3.8, 4) is 5.75 Å². The number of carbonyl (C=O) groups is 1. The van der Waals surface area contributed by atoms with Crippen LogP contribution >= 0.6 is 15.9 Å². The first kappa shape index (κ1) is 15.5. The van der Waals surface area contributed by atoms with Crippen LogP contribution in [0.1, 0.15) is 21.5 Å². The fraction of sp³-hybridized carbons (Fsp3) is 0.188. The molecule has 2 aromatic carbocycles. The van der Waals surface area contributed by atoms with E-state index in [1.165, 1.54) is 0 Å². The number of rotatable bonds is 5. The van der Waals surface area contributed by atoms with Crippen LogP contribution in [-0.4, -0.2) is 18.1 Å². The van der Waals surface area contributed by atoms with Gasteiger partial charge in [-0.15, -0.1) is 0 Å². The number of amides is 1. The van der Waals surface area contributed by atoms with E-state index >= 15 is 0 Å². The van der Waals surface area contributed by atoms with E-state index in [0.717, 1.165) is 11.1 Å². The second kappa shape index (κ2) is 7.24. The highest BCUT2D eigenvalue weighted by Crippen LogP contribution is 2.22. The van der Waals surface area contributed by atoms with Crippen LogP contribution < -0.4 is 10.1 Å². The van der Waals surface area contributed by atoms with Crippen LogP contribution in [0.4, 0.5) is 0 Å². The Morgan fingerprint density at radius 2 is 2.00 bits per heavy atom. The van der Waals surface area contributed by atoms with Crippen molar-refractivity contribution >= 4 is 21.8 Å². The Morgan fingerprint density at radius 3 is 2.71 bits per heavy atom. The number of halogens is 1. The summed E-state index contributed by atoms with van der Waals surface area (Å²) in [6.45, 7) is 0.388. The molecule has 2 aromatic rings. The molecular weight excluding hydrogens is 334 g/mol. The molecule has 0 aliphatic heterocycles.